The number of hydrogen-bond donors (Lipinski definition) is 3. The zero-order chi connectivity index (χ0) is 19.3. The molecule has 1 aromatic carbocycles. The van der Waals surface area contributed by atoms with Gasteiger partial charge in [0.15, 0.2) is 5.96 Å². The van der Waals surface area contributed by atoms with Crippen molar-refractivity contribution in [1.29, 1.82) is 0 Å². The van der Waals surface area contributed by atoms with Crippen molar-refractivity contribution >= 4 is 16.0 Å². The largest absolute Gasteiger partial charge is 0.416 e. The number of aliphatic imine (C=N–C) groups is 1. The summed E-state index contributed by atoms with van der Waals surface area (Å²) in [7, 11) is -1.81. The lowest BCUT2D eigenvalue weighted by Gasteiger charge is -2.26. The highest BCUT2D eigenvalue weighted by atomic mass is 32.2. The SMILES string of the molecule is CN=C(NCc1ccc(C(F)(F)F)cc1)NCC(C)(C)NS(C)(=O)=O. The van der Waals surface area contributed by atoms with E-state index in [4.69, 9.17) is 0 Å². The first-order chi connectivity index (χ1) is 11.3. The van der Waals surface area contributed by atoms with Gasteiger partial charge in [-0.2, -0.15) is 13.2 Å². The fourth-order valence-electron chi connectivity index (χ4n) is 2.06. The predicted octanol–water partition coefficient (Wildman–Crippen LogP) is 1.70. The molecule has 6 nitrogen and oxygen atoms in total. The highest BCUT2D eigenvalue weighted by Gasteiger charge is 2.29. The molecule has 1 aromatic rings. The van der Waals surface area contributed by atoms with E-state index in [0.29, 0.717) is 11.5 Å². The summed E-state index contributed by atoms with van der Waals surface area (Å²) in [6.07, 6.45) is -3.28. The maximum atomic E-state index is 12.5. The van der Waals surface area contributed by atoms with Crippen molar-refractivity contribution in [2.45, 2.75) is 32.1 Å². The smallest absolute Gasteiger partial charge is 0.355 e. The van der Waals surface area contributed by atoms with Crippen LogP contribution < -0.4 is 15.4 Å². The van der Waals surface area contributed by atoms with Gasteiger partial charge in [-0.15, -0.1) is 0 Å². The molecule has 0 radical (unpaired) electrons. The summed E-state index contributed by atoms with van der Waals surface area (Å²) in [6, 6.07) is 4.81. The van der Waals surface area contributed by atoms with E-state index in [1.165, 1.54) is 12.1 Å². The van der Waals surface area contributed by atoms with E-state index in [1.807, 2.05) is 0 Å². The van der Waals surface area contributed by atoms with Crippen LogP contribution in [0.4, 0.5) is 13.2 Å². The van der Waals surface area contributed by atoms with Crippen molar-refractivity contribution in [3.05, 3.63) is 35.4 Å². The molecule has 0 saturated carbocycles. The molecule has 142 valence electrons. The maximum Gasteiger partial charge on any atom is 0.416 e. The lowest BCUT2D eigenvalue weighted by atomic mass is 10.1. The van der Waals surface area contributed by atoms with Gasteiger partial charge in [0.05, 0.1) is 11.8 Å². The van der Waals surface area contributed by atoms with Gasteiger partial charge in [-0.3, -0.25) is 4.99 Å². The third-order valence-electron chi connectivity index (χ3n) is 3.12. The van der Waals surface area contributed by atoms with Crippen molar-refractivity contribution in [2.24, 2.45) is 4.99 Å². The fourth-order valence-corrected chi connectivity index (χ4v) is 3.14. The summed E-state index contributed by atoms with van der Waals surface area (Å²) in [5, 5.41) is 5.93. The molecule has 0 atom stereocenters. The lowest BCUT2D eigenvalue weighted by Crippen LogP contribution is -2.52. The Morgan fingerprint density at radius 3 is 2.12 bits per heavy atom. The Kier molecular flexibility index (Phi) is 6.83. The van der Waals surface area contributed by atoms with E-state index in [1.54, 1.807) is 20.9 Å². The maximum absolute atomic E-state index is 12.5. The van der Waals surface area contributed by atoms with E-state index in [0.717, 1.165) is 18.4 Å². The van der Waals surface area contributed by atoms with Crippen LogP contribution >= 0.6 is 0 Å². The van der Waals surface area contributed by atoms with Gasteiger partial charge in [-0.05, 0) is 31.5 Å². The number of benzene rings is 1. The summed E-state index contributed by atoms with van der Waals surface area (Å²) < 4.78 is 62.7. The molecule has 0 saturated heterocycles. The molecule has 0 spiro atoms. The molecule has 1 rings (SSSR count). The molecule has 25 heavy (non-hydrogen) atoms. The molecule has 0 aliphatic heterocycles. The van der Waals surface area contributed by atoms with E-state index >= 15 is 0 Å². The number of halogens is 3. The monoisotopic (exact) mass is 380 g/mol. The Labute approximate surface area is 146 Å². The average molecular weight is 380 g/mol. The van der Waals surface area contributed by atoms with Crippen LogP contribution in [-0.2, 0) is 22.7 Å². The standard InChI is InChI=1S/C15H23F3N4O2S/c1-14(2,22-25(4,23)24)10-21-13(19-3)20-9-11-5-7-12(8-6-11)15(16,17)18/h5-8,22H,9-10H2,1-4H3,(H2,19,20,21). The third-order valence-corrected chi connectivity index (χ3v) is 4.05. The Hall–Kier alpha value is -1.81. The number of nitrogens with one attached hydrogen (secondary N) is 3. The molecule has 0 aliphatic carbocycles. The Balaban J connectivity index is 2.57. The number of nitrogens with zero attached hydrogens (tertiary/aromatic N) is 1. The van der Waals surface area contributed by atoms with Gasteiger partial charge < -0.3 is 10.6 Å². The highest BCUT2D eigenvalue weighted by molar-refractivity contribution is 7.88. The topological polar surface area (TPSA) is 82.6 Å². The first kappa shape index (κ1) is 21.2. The van der Waals surface area contributed by atoms with Gasteiger partial charge in [-0.1, -0.05) is 12.1 Å². The van der Waals surface area contributed by atoms with E-state index < -0.39 is 27.3 Å². The zero-order valence-electron chi connectivity index (χ0n) is 14.5. The van der Waals surface area contributed by atoms with Gasteiger partial charge in [0.1, 0.15) is 0 Å². The molecule has 0 unspecified atom stereocenters. The van der Waals surface area contributed by atoms with Crippen molar-refractivity contribution in [1.82, 2.24) is 15.4 Å². The first-order valence-corrected chi connectivity index (χ1v) is 9.31. The van der Waals surface area contributed by atoms with Gasteiger partial charge in [0, 0.05) is 25.7 Å². The van der Waals surface area contributed by atoms with Crippen LogP contribution in [0, 0.1) is 0 Å². The van der Waals surface area contributed by atoms with Crippen molar-refractivity contribution in [3.63, 3.8) is 0 Å². The molecular weight excluding hydrogens is 357 g/mol. The zero-order valence-corrected chi connectivity index (χ0v) is 15.3. The van der Waals surface area contributed by atoms with Crippen LogP contribution in [-0.4, -0.2) is 39.8 Å². The summed E-state index contributed by atoms with van der Waals surface area (Å²) in [5.74, 6) is 0.406. The Morgan fingerprint density at radius 2 is 1.68 bits per heavy atom. The van der Waals surface area contributed by atoms with Gasteiger partial charge in [0.25, 0.3) is 0 Å². The molecule has 0 aliphatic rings. The molecule has 0 fully saturated rings. The van der Waals surface area contributed by atoms with Crippen molar-refractivity contribution < 1.29 is 21.6 Å². The quantitative estimate of drug-likeness (QED) is 0.518. The van der Waals surface area contributed by atoms with E-state index in [2.05, 4.69) is 20.3 Å². The molecule has 0 heterocycles. The average Bonchev–Trinajstić information content (AvgIpc) is 2.44. The third kappa shape index (κ3) is 8.21. The predicted molar refractivity (Wildman–Crippen MR) is 91.7 cm³/mol. The van der Waals surface area contributed by atoms with Gasteiger partial charge in [0.2, 0.25) is 10.0 Å². The minimum absolute atomic E-state index is 0.271. The second-order valence-corrected chi connectivity index (χ2v) is 7.98. The fraction of sp³-hybridized carbons (Fsp3) is 0.533. The second kappa shape index (κ2) is 8.05. The van der Waals surface area contributed by atoms with E-state index in [9.17, 15) is 21.6 Å². The number of sulfonamides is 1. The molecule has 0 aromatic heterocycles. The number of rotatable bonds is 6. The van der Waals surface area contributed by atoms with Crippen LogP contribution in [0.1, 0.15) is 25.0 Å². The normalized spacial score (nSPS) is 13.6. The van der Waals surface area contributed by atoms with Gasteiger partial charge >= 0.3 is 6.18 Å². The van der Waals surface area contributed by atoms with Crippen LogP contribution in [0.5, 0.6) is 0 Å². The van der Waals surface area contributed by atoms with Crippen molar-refractivity contribution in [2.75, 3.05) is 19.8 Å². The molecule has 10 heteroatoms. The van der Waals surface area contributed by atoms with Crippen LogP contribution in [0.3, 0.4) is 0 Å². The Morgan fingerprint density at radius 1 is 1.12 bits per heavy atom. The molecule has 0 amide bonds. The summed E-state index contributed by atoms with van der Waals surface area (Å²) in [6.45, 7) is 3.97. The molecule has 3 N–H and O–H groups in total. The van der Waals surface area contributed by atoms with Gasteiger partial charge in [-0.25, -0.2) is 13.1 Å². The number of alkyl halides is 3. The van der Waals surface area contributed by atoms with E-state index in [-0.39, 0.29) is 13.1 Å². The number of hydrogen-bond acceptors (Lipinski definition) is 3. The Bertz CT molecular complexity index is 698. The lowest BCUT2D eigenvalue weighted by molar-refractivity contribution is -0.137. The van der Waals surface area contributed by atoms with Crippen LogP contribution in [0.25, 0.3) is 0 Å². The molecule has 0 bridgehead atoms. The summed E-state index contributed by atoms with van der Waals surface area (Å²) >= 11 is 0. The van der Waals surface area contributed by atoms with Crippen LogP contribution in [0.15, 0.2) is 29.3 Å². The molecular formula is C15H23F3N4O2S. The van der Waals surface area contributed by atoms with Crippen LogP contribution in [0.2, 0.25) is 0 Å². The first-order valence-electron chi connectivity index (χ1n) is 7.42. The minimum atomic E-state index is -4.36. The minimum Gasteiger partial charge on any atom is -0.355 e. The van der Waals surface area contributed by atoms with Crippen molar-refractivity contribution in [3.8, 4) is 0 Å². The number of guanidine groups is 1. The summed E-state index contributed by atoms with van der Waals surface area (Å²) in [4.78, 5) is 4.00. The highest BCUT2D eigenvalue weighted by Crippen LogP contribution is 2.28. The second-order valence-electron chi connectivity index (χ2n) is 6.23. The summed E-state index contributed by atoms with van der Waals surface area (Å²) in [5.41, 5.74) is -0.781.